The van der Waals surface area contributed by atoms with E-state index in [1.165, 1.54) is 11.0 Å². The number of furan rings is 1. The molecule has 0 radical (unpaired) electrons. The van der Waals surface area contributed by atoms with Gasteiger partial charge in [-0.2, -0.15) is 0 Å². The smallest absolute Gasteiger partial charge is 0.269 e. The molecule has 2 heterocycles. The first-order valence-electron chi connectivity index (χ1n) is 9.05. The van der Waals surface area contributed by atoms with E-state index in [9.17, 15) is 14.1 Å². The van der Waals surface area contributed by atoms with Crippen molar-refractivity contribution in [3.8, 4) is 18.6 Å². The number of nitrogens with zero attached hydrogens (tertiary/aromatic N) is 3. The molecule has 3 rings (SSSR count). The average Bonchev–Trinajstić information content (AvgIpc) is 3.34. The molecular formula is C20H24BrN5O4S. The minimum absolute atomic E-state index is 0.136. The SMILES string of the molecule is C#C.CC.CN(C)C(=O)c1cccc(NC2=NS(=O)N=C2NCc2cc(Br)co2)c1O. The lowest BCUT2D eigenvalue weighted by Gasteiger charge is -2.15. The Kier molecular flexibility index (Phi) is 10.5. The normalized spacial score (nSPS) is 14.1. The summed E-state index contributed by atoms with van der Waals surface area (Å²) < 4.78 is 25.6. The van der Waals surface area contributed by atoms with Crippen molar-refractivity contribution in [1.82, 2.24) is 10.2 Å². The van der Waals surface area contributed by atoms with Crippen molar-refractivity contribution in [2.45, 2.75) is 20.4 Å². The molecule has 0 aliphatic carbocycles. The molecule has 1 amide bonds. The van der Waals surface area contributed by atoms with Gasteiger partial charge in [-0.05, 0) is 34.1 Å². The number of hydrogen-bond acceptors (Lipinski definition) is 6. The van der Waals surface area contributed by atoms with E-state index in [1.807, 2.05) is 13.8 Å². The summed E-state index contributed by atoms with van der Waals surface area (Å²) in [5.41, 5.74) is 0.382. The molecule has 1 aromatic carbocycles. The summed E-state index contributed by atoms with van der Waals surface area (Å²) in [5.74, 6) is 0.505. The standard InChI is InChI=1S/C16H16BrN5O4S.C2H6.C2H2/c1-22(2)16(24)11-4-3-5-12(13(11)23)19-15-14(20-27(25)21-15)18-7-10-6-9(17)8-26-10;2*1-2/h3-6,8,23H,7H2,1-2H3,(H,18,20)(H,19,21);1-2H3;1-2H. The number of para-hydroxylation sites is 1. The summed E-state index contributed by atoms with van der Waals surface area (Å²) in [6, 6.07) is 6.49. The third-order valence-corrected chi connectivity index (χ3v) is 4.63. The second-order valence-electron chi connectivity index (χ2n) is 5.72. The summed E-state index contributed by atoms with van der Waals surface area (Å²) in [6.07, 6.45) is 9.55. The van der Waals surface area contributed by atoms with Crippen LogP contribution < -0.4 is 10.6 Å². The molecule has 1 aromatic heterocycles. The Hall–Kier alpha value is -3.10. The van der Waals surface area contributed by atoms with Gasteiger partial charge in [-0.25, -0.2) is 4.21 Å². The fourth-order valence-electron chi connectivity index (χ4n) is 2.26. The minimum Gasteiger partial charge on any atom is -0.505 e. The number of amidine groups is 2. The number of rotatable bonds is 4. The fraction of sp³-hybridized carbons (Fsp3) is 0.250. The predicted octanol–water partition coefficient (Wildman–Crippen LogP) is 3.32. The highest BCUT2D eigenvalue weighted by Crippen LogP contribution is 2.28. The first-order valence-corrected chi connectivity index (χ1v) is 10.9. The summed E-state index contributed by atoms with van der Waals surface area (Å²) in [6.45, 7) is 4.30. The van der Waals surface area contributed by atoms with E-state index in [-0.39, 0.29) is 34.6 Å². The number of halogens is 1. The minimum atomic E-state index is -1.78. The molecule has 1 aliphatic rings. The van der Waals surface area contributed by atoms with E-state index >= 15 is 0 Å². The van der Waals surface area contributed by atoms with E-state index < -0.39 is 11.2 Å². The van der Waals surface area contributed by atoms with Gasteiger partial charge < -0.3 is 25.1 Å². The van der Waals surface area contributed by atoms with Gasteiger partial charge >= 0.3 is 0 Å². The van der Waals surface area contributed by atoms with Crippen LogP contribution in [0.25, 0.3) is 0 Å². The van der Waals surface area contributed by atoms with Crippen molar-refractivity contribution < 1.29 is 18.5 Å². The van der Waals surface area contributed by atoms with Crippen LogP contribution in [0.5, 0.6) is 5.75 Å². The van der Waals surface area contributed by atoms with Crippen molar-refractivity contribution in [2.24, 2.45) is 8.80 Å². The van der Waals surface area contributed by atoms with Gasteiger partial charge in [-0.3, -0.25) is 4.79 Å². The van der Waals surface area contributed by atoms with Crippen LogP contribution in [-0.2, 0) is 17.7 Å². The van der Waals surface area contributed by atoms with Crippen LogP contribution in [0.4, 0.5) is 5.69 Å². The Morgan fingerprint density at radius 1 is 1.26 bits per heavy atom. The first-order chi connectivity index (χ1) is 14.8. The summed E-state index contributed by atoms with van der Waals surface area (Å²) >= 11 is 1.51. The van der Waals surface area contributed by atoms with Crippen LogP contribution in [-0.4, -0.2) is 45.9 Å². The van der Waals surface area contributed by atoms with Gasteiger partial charge in [0.05, 0.1) is 22.3 Å². The third kappa shape index (κ3) is 6.97. The second kappa shape index (κ2) is 12.6. The fourth-order valence-corrected chi connectivity index (χ4v) is 3.25. The molecule has 1 aliphatic heterocycles. The number of amides is 1. The number of benzene rings is 1. The molecule has 0 fully saturated rings. The number of aromatic hydroxyl groups is 1. The maximum atomic E-state index is 12.1. The van der Waals surface area contributed by atoms with E-state index in [4.69, 9.17) is 4.42 Å². The molecule has 166 valence electrons. The first kappa shape index (κ1) is 25.9. The molecule has 0 saturated heterocycles. The molecule has 1 atom stereocenters. The molecule has 9 nitrogen and oxygen atoms in total. The predicted molar refractivity (Wildman–Crippen MR) is 127 cm³/mol. The molecule has 1 unspecified atom stereocenters. The molecule has 2 aromatic rings. The van der Waals surface area contributed by atoms with Crippen molar-refractivity contribution in [2.75, 3.05) is 19.4 Å². The number of anilines is 1. The summed E-state index contributed by atoms with van der Waals surface area (Å²) in [5, 5.41) is 16.3. The molecule has 31 heavy (non-hydrogen) atoms. The second-order valence-corrected chi connectivity index (χ2v) is 7.46. The van der Waals surface area contributed by atoms with Crippen LogP contribution in [0, 0.1) is 12.8 Å². The molecule has 0 spiro atoms. The Bertz CT molecular complexity index is 1010. The lowest BCUT2D eigenvalue weighted by molar-refractivity contribution is 0.0824. The number of phenols is 1. The Morgan fingerprint density at radius 3 is 2.48 bits per heavy atom. The number of carbonyl (C=O) groups excluding carboxylic acids is 1. The summed E-state index contributed by atoms with van der Waals surface area (Å²) in [7, 11) is 3.18. The highest BCUT2D eigenvalue weighted by atomic mass is 79.9. The van der Waals surface area contributed by atoms with Crippen molar-refractivity contribution >= 4 is 50.4 Å². The third-order valence-electron chi connectivity index (χ3n) is 3.54. The van der Waals surface area contributed by atoms with E-state index in [0.29, 0.717) is 12.3 Å². The maximum absolute atomic E-state index is 12.1. The van der Waals surface area contributed by atoms with Gasteiger partial charge in [0, 0.05) is 14.1 Å². The van der Waals surface area contributed by atoms with E-state index in [0.717, 1.165) is 4.47 Å². The number of carbonyl (C=O) groups is 1. The van der Waals surface area contributed by atoms with Gasteiger partial charge in [-0.15, -0.1) is 21.6 Å². The molecule has 0 bridgehead atoms. The van der Waals surface area contributed by atoms with Crippen LogP contribution in [0.1, 0.15) is 30.0 Å². The Balaban J connectivity index is 0.00000113. The molecule has 0 saturated carbocycles. The number of nitrogens with one attached hydrogen (secondary N) is 2. The monoisotopic (exact) mass is 509 g/mol. The molecular weight excluding hydrogens is 486 g/mol. The number of terminal acetylenes is 1. The van der Waals surface area contributed by atoms with Crippen LogP contribution in [0.2, 0.25) is 0 Å². The van der Waals surface area contributed by atoms with Gasteiger partial charge in [-0.1, -0.05) is 19.9 Å². The van der Waals surface area contributed by atoms with E-state index in [2.05, 4.69) is 48.2 Å². The van der Waals surface area contributed by atoms with Gasteiger partial charge in [0.2, 0.25) is 0 Å². The molecule has 11 heteroatoms. The topological polar surface area (TPSA) is 120 Å². The van der Waals surface area contributed by atoms with Crippen molar-refractivity contribution in [3.63, 3.8) is 0 Å². The maximum Gasteiger partial charge on any atom is 0.269 e. The van der Waals surface area contributed by atoms with Crippen molar-refractivity contribution in [3.05, 3.63) is 46.3 Å². The number of hydrogen-bond donors (Lipinski definition) is 3. The zero-order valence-electron chi connectivity index (χ0n) is 17.5. The van der Waals surface area contributed by atoms with Gasteiger partial charge in [0.1, 0.15) is 12.0 Å². The highest BCUT2D eigenvalue weighted by molar-refractivity contribution is 9.10. The molecule has 3 N–H and O–H groups in total. The van der Waals surface area contributed by atoms with Crippen LogP contribution in [0.15, 0.2) is 48.2 Å². The zero-order chi connectivity index (χ0) is 23.6. The quantitative estimate of drug-likeness (QED) is 0.429. The van der Waals surface area contributed by atoms with Gasteiger partial charge in [0.25, 0.3) is 17.1 Å². The Morgan fingerprint density at radius 2 is 1.90 bits per heavy atom. The lowest BCUT2D eigenvalue weighted by Crippen LogP contribution is -2.33. The Labute approximate surface area is 192 Å². The van der Waals surface area contributed by atoms with Gasteiger partial charge in [0.15, 0.2) is 17.4 Å². The van der Waals surface area contributed by atoms with Crippen molar-refractivity contribution in [1.29, 1.82) is 0 Å². The number of phenolic OH excluding ortho intramolecular Hbond substituents is 1. The zero-order valence-corrected chi connectivity index (χ0v) is 20.0. The lowest BCUT2D eigenvalue weighted by atomic mass is 10.1. The largest absolute Gasteiger partial charge is 0.505 e. The van der Waals surface area contributed by atoms with Crippen LogP contribution >= 0.6 is 15.9 Å². The van der Waals surface area contributed by atoms with Crippen LogP contribution in [0.3, 0.4) is 0 Å². The average molecular weight is 510 g/mol. The summed E-state index contributed by atoms with van der Waals surface area (Å²) in [4.78, 5) is 13.5. The van der Waals surface area contributed by atoms with E-state index in [1.54, 1.807) is 38.6 Å². The highest BCUT2D eigenvalue weighted by Gasteiger charge is 2.22.